The van der Waals surface area contributed by atoms with Crippen LogP contribution in [0.5, 0.6) is 0 Å². The van der Waals surface area contributed by atoms with E-state index in [0.717, 1.165) is 11.7 Å². The molecule has 7 nitrogen and oxygen atoms in total. The summed E-state index contributed by atoms with van der Waals surface area (Å²) in [6.45, 7) is 0. The summed E-state index contributed by atoms with van der Waals surface area (Å²) >= 11 is 13.2. The maximum Gasteiger partial charge on any atom is 0.276 e. The number of hydrogen-bond acceptors (Lipinski definition) is 6. The zero-order valence-electron chi connectivity index (χ0n) is 10.6. The molecule has 3 aromatic rings. The SMILES string of the molecule is Cn1ncc(N)c1C(=O)Nc1c(Cl)cc(Cl)c2nsnc12. The minimum atomic E-state index is -0.439. The van der Waals surface area contributed by atoms with E-state index < -0.39 is 5.91 Å². The van der Waals surface area contributed by atoms with Gasteiger partial charge in [0.15, 0.2) is 0 Å². The fourth-order valence-corrected chi connectivity index (χ4v) is 3.06. The molecule has 0 fully saturated rings. The van der Waals surface area contributed by atoms with Gasteiger partial charge in [0.05, 0.1) is 39.3 Å². The number of carbonyl (C=O) groups excluding carboxylic acids is 1. The number of nitrogens with two attached hydrogens (primary N) is 1. The van der Waals surface area contributed by atoms with Crippen LogP contribution in [0.15, 0.2) is 12.3 Å². The molecule has 2 heterocycles. The molecule has 21 heavy (non-hydrogen) atoms. The molecule has 0 spiro atoms. The number of aromatic nitrogens is 4. The molecule has 0 aliphatic rings. The monoisotopic (exact) mass is 342 g/mol. The number of hydrogen-bond donors (Lipinski definition) is 2. The minimum Gasteiger partial charge on any atom is -0.396 e. The summed E-state index contributed by atoms with van der Waals surface area (Å²) in [5.41, 5.74) is 7.50. The lowest BCUT2D eigenvalue weighted by Crippen LogP contribution is -2.18. The van der Waals surface area contributed by atoms with E-state index in [2.05, 4.69) is 19.2 Å². The van der Waals surface area contributed by atoms with Crippen molar-refractivity contribution in [3.8, 4) is 0 Å². The summed E-state index contributed by atoms with van der Waals surface area (Å²) in [6.07, 6.45) is 1.40. The smallest absolute Gasteiger partial charge is 0.276 e. The molecule has 10 heteroatoms. The van der Waals surface area contributed by atoms with Gasteiger partial charge in [0, 0.05) is 7.05 Å². The molecule has 0 saturated carbocycles. The summed E-state index contributed by atoms with van der Waals surface area (Å²) in [4.78, 5) is 12.3. The van der Waals surface area contributed by atoms with Crippen LogP contribution < -0.4 is 11.1 Å². The first-order valence-corrected chi connectivity index (χ1v) is 7.16. The van der Waals surface area contributed by atoms with Crippen molar-refractivity contribution < 1.29 is 4.79 Å². The second kappa shape index (κ2) is 5.14. The van der Waals surface area contributed by atoms with Crippen molar-refractivity contribution in [3.63, 3.8) is 0 Å². The number of amides is 1. The van der Waals surface area contributed by atoms with Gasteiger partial charge in [0.2, 0.25) is 0 Å². The molecule has 1 amide bonds. The van der Waals surface area contributed by atoms with Crippen LogP contribution in [0.3, 0.4) is 0 Å². The second-order valence-corrected chi connectivity index (χ2v) is 5.55. The number of nitrogen functional groups attached to an aromatic ring is 1. The average Bonchev–Trinajstić information content (AvgIpc) is 3.02. The third kappa shape index (κ3) is 2.31. The molecule has 2 aromatic heterocycles. The highest BCUT2D eigenvalue weighted by Crippen LogP contribution is 2.35. The van der Waals surface area contributed by atoms with Crippen molar-refractivity contribution in [1.29, 1.82) is 0 Å². The molecule has 3 rings (SSSR count). The molecule has 0 unspecified atom stereocenters. The zero-order chi connectivity index (χ0) is 15.1. The van der Waals surface area contributed by atoms with E-state index in [9.17, 15) is 4.79 Å². The maximum absolute atomic E-state index is 12.3. The number of rotatable bonds is 2. The van der Waals surface area contributed by atoms with Gasteiger partial charge >= 0.3 is 0 Å². The van der Waals surface area contributed by atoms with Gasteiger partial charge in [-0.15, -0.1) is 0 Å². The van der Waals surface area contributed by atoms with Crippen molar-refractivity contribution in [2.75, 3.05) is 11.1 Å². The van der Waals surface area contributed by atoms with E-state index in [4.69, 9.17) is 28.9 Å². The standard InChI is InChI=1S/C11H8Cl2N6OS/c1-19-10(6(14)3-15-19)11(20)16-7-4(12)2-5(13)8-9(7)18-21-17-8/h2-3H,14H2,1H3,(H,16,20). The van der Waals surface area contributed by atoms with Crippen molar-refractivity contribution >= 4 is 63.2 Å². The molecular weight excluding hydrogens is 335 g/mol. The molecular formula is C11H8Cl2N6OS. The quantitative estimate of drug-likeness (QED) is 0.745. The van der Waals surface area contributed by atoms with Crippen LogP contribution in [0.25, 0.3) is 11.0 Å². The Hall–Kier alpha value is -1.90. The Balaban J connectivity index is 2.06. The summed E-state index contributed by atoms with van der Waals surface area (Å²) in [6, 6.07) is 1.51. The lowest BCUT2D eigenvalue weighted by atomic mass is 10.2. The van der Waals surface area contributed by atoms with Crippen molar-refractivity contribution in [3.05, 3.63) is 28.0 Å². The molecule has 1 aromatic carbocycles. The summed E-state index contributed by atoms with van der Waals surface area (Å²) < 4.78 is 9.56. The number of halogens is 2. The summed E-state index contributed by atoms with van der Waals surface area (Å²) in [7, 11) is 1.62. The van der Waals surface area contributed by atoms with Crippen LogP contribution in [0, 0.1) is 0 Å². The topological polar surface area (TPSA) is 98.7 Å². The first kappa shape index (κ1) is 14.1. The highest BCUT2D eigenvalue weighted by Gasteiger charge is 2.20. The van der Waals surface area contributed by atoms with Gasteiger partial charge in [0.25, 0.3) is 5.91 Å². The third-order valence-corrected chi connectivity index (χ3v) is 3.98. The van der Waals surface area contributed by atoms with E-state index in [1.165, 1.54) is 16.9 Å². The van der Waals surface area contributed by atoms with Gasteiger partial charge < -0.3 is 11.1 Å². The Bertz CT molecular complexity index is 838. The molecule has 0 bridgehead atoms. The largest absolute Gasteiger partial charge is 0.396 e. The van der Waals surface area contributed by atoms with Crippen LogP contribution in [-0.2, 0) is 7.05 Å². The molecule has 3 N–H and O–H groups in total. The first-order valence-electron chi connectivity index (χ1n) is 5.68. The predicted octanol–water partition coefficient (Wildman–Crippen LogP) is 2.57. The summed E-state index contributed by atoms with van der Waals surface area (Å²) in [5, 5.41) is 7.25. The highest BCUT2D eigenvalue weighted by molar-refractivity contribution is 7.00. The van der Waals surface area contributed by atoms with Crippen LogP contribution in [-0.4, -0.2) is 24.4 Å². The average molecular weight is 343 g/mol. The van der Waals surface area contributed by atoms with Gasteiger partial charge in [-0.2, -0.15) is 13.8 Å². The van der Waals surface area contributed by atoms with Crippen molar-refractivity contribution in [2.45, 2.75) is 0 Å². The Kier molecular flexibility index (Phi) is 3.44. The van der Waals surface area contributed by atoms with E-state index in [1.54, 1.807) is 7.05 Å². The predicted molar refractivity (Wildman–Crippen MR) is 83.0 cm³/mol. The second-order valence-electron chi connectivity index (χ2n) is 4.20. The minimum absolute atomic E-state index is 0.234. The van der Waals surface area contributed by atoms with Crippen molar-refractivity contribution in [1.82, 2.24) is 18.5 Å². The Morgan fingerprint density at radius 1 is 1.33 bits per heavy atom. The fourth-order valence-electron chi connectivity index (χ4n) is 1.90. The van der Waals surface area contributed by atoms with Gasteiger partial charge in [0.1, 0.15) is 16.7 Å². The Labute approximate surface area is 133 Å². The number of anilines is 2. The highest BCUT2D eigenvalue weighted by atomic mass is 35.5. The van der Waals surface area contributed by atoms with Gasteiger partial charge in [-0.05, 0) is 6.07 Å². The van der Waals surface area contributed by atoms with Crippen LogP contribution in [0.1, 0.15) is 10.5 Å². The molecule has 0 radical (unpaired) electrons. The number of aryl methyl sites for hydroxylation is 1. The molecule has 0 saturated heterocycles. The van der Waals surface area contributed by atoms with Gasteiger partial charge in [-0.25, -0.2) is 0 Å². The normalized spacial score (nSPS) is 11.0. The number of benzene rings is 1. The van der Waals surface area contributed by atoms with Gasteiger partial charge in [-0.3, -0.25) is 9.48 Å². The Morgan fingerprint density at radius 3 is 2.71 bits per heavy atom. The van der Waals surface area contributed by atoms with E-state index in [-0.39, 0.29) is 16.4 Å². The zero-order valence-corrected chi connectivity index (χ0v) is 12.9. The van der Waals surface area contributed by atoms with Crippen LogP contribution >= 0.6 is 34.9 Å². The first-order chi connectivity index (χ1) is 9.99. The molecule has 0 aliphatic carbocycles. The fraction of sp³-hybridized carbons (Fsp3) is 0.0909. The molecule has 108 valence electrons. The van der Waals surface area contributed by atoms with Gasteiger partial charge in [-0.1, -0.05) is 23.2 Å². The number of carbonyl (C=O) groups is 1. The van der Waals surface area contributed by atoms with E-state index in [1.807, 2.05) is 0 Å². The van der Waals surface area contributed by atoms with Crippen molar-refractivity contribution in [2.24, 2.45) is 7.05 Å². The lowest BCUT2D eigenvalue weighted by molar-refractivity contribution is 0.101. The van der Waals surface area contributed by atoms with E-state index in [0.29, 0.717) is 21.7 Å². The third-order valence-electron chi connectivity index (χ3n) is 2.86. The Morgan fingerprint density at radius 2 is 2.05 bits per heavy atom. The molecule has 0 atom stereocenters. The maximum atomic E-state index is 12.3. The number of fused-ring (bicyclic) bond motifs is 1. The number of nitrogens with one attached hydrogen (secondary N) is 1. The summed E-state index contributed by atoms with van der Waals surface area (Å²) in [5.74, 6) is -0.439. The van der Waals surface area contributed by atoms with E-state index >= 15 is 0 Å². The van der Waals surface area contributed by atoms with Crippen LogP contribution in [0.2, 0.25) is 10.0 Å². The number of nitrogens with zero attached hydrogens (tertiary/aromatic N) is 4. The van der Waals surface area contributed by atoms with Crippen LogP contribution in [0.4, 0.5) is 11.4 Å². The molecule has 0 aliphatic heterocycles. The lowest BCUT2D eigenvalue weighted by Gasteiger charge is -2.09.